The summed E-state index contributed by atoms with van der Waals surface area (Å²) in [6.07, 6.45) is 2.46. The summed E-state index contributed by atoms with van der Waals surface area (Å²) in [5, 5.41) is 8.26. The molecule has 3 nitrogen and oxygen atoms in total. The average molecular weight is 216 g/mol. The third-order valence-corrected chi connectivity index (χ3v) is 3.01. The van der Waals surface area contributed by atoms with Gasteiger partial charge in [-0.1, -0.05) is 0 Å². The SMILES string of the molecule is CN(C)C1CCCN(CC(Cl)C#N)C1. The number of hydrogen-bond donors (Lipinski definition) is 0. The van der Waals surface area contributed by atoms with Crippen LogP contribution in [0, 0.1) is 11.3 Å². The van der Waals surface area contributed by atoms with Gasteiger partial charge >= 0.3 is 0 Å². The number of rotatable bonds is 3. The molecule has 1 heterocycles. The minimum Gasteiger partial charge on any atom is -0.305 e. The zero-order chi connectivity index (χ0) is 10.6. The second-order valence-electron chi connectivity index (χ2n) is 4.12. The van der Waals surface area contributed by atoms with E-state index in [1.165, 1.54) is 12.8 Å². The molecule has 0 N–H and O–H groups in total. The molecule has 1 aliphatic heterocycles. The van der Waals surface area contributed by atoms with Crippen LogP contribution in [-0.2, 0) is 0 Å². The standard InChI is InChI=1S/C10H18ClN3/c1-13(2)10-4-3-5-14(8-10)7-9(11)6-12/h9-10H,3-5,7-8H2,1-2H3. The Morgan fingerprint density at radius 1 is 1.64 bits per heavy atom. The molecule has 1 fully saturated rings. The Labute approximate surface area is 91.2 Å². The van der Waals surface area contributed by atoms with E-state index in [0.717, 1.165) is 13.1 Å². The van der Waals surface area contributed by atoms with Gasteiger partial charge in [0.1, 0.15) is 5.38 Å². The van der Waals surface area contributed by atoms with Crippen LogP contribution in [0.5, 0.6) is 0 Å². The van der Waals surface area contributed by atoms with Gasteiger partial charge in [0.15, 0.2) is 0 Å². The van der Waals surface area contributed by atoms with E-state index in [2.05, 4.69) is 30.0 Å². The van der Waals surface area contributed by atoms with Crippen molar-refractivity contribution in [2.45, 2.75) is 24.3 Å². The maximum atomic E-state index is 8.62. The summed E-state index contributed by atoms with van der Waals surface area (Å²) in [5.41, 5.74) is 0. The van der Waals surface area contributed by atoms with Gasteiger partial charge in [0, 0.05) is 19.1 Å². The van der Waals surface area contributed by atoms with Gasteiger partial charge in [0.2, 0.25) is 0 Å². The highest BCUT2D eigenvalue weighted by Gasteiger charge is 2.22. The van der Waals surface area contributed by atoms with Gasteiger partial charge in [0.05, 0.1) is 6.07 Å². The van der Waals surface area contributed by atoms with Crippen molar-refractivity contribution in [3.8, 4) is 6.07 Å². The lowest BCUT2D eigenvalue weighted by Crippen LogP contribution is -2.46. The van der Waals surface area contributed by atoms with Crippen molar-refractivity contribution in [2.24, 2.45) is 0 Å². The normalized spacial score (nSPS) is 26.1. The van der Waals surface area contributed by atoms with Crippen LogP contribution in [0.3, 0.4) is 0 Å². The lowest BCUT2D eigenvalue weighted by molar-refractivity contribution is 0.136. The van der Waals surface area contributed by atoms with Crippen molar-refractivity contribution in [1.29, 1.82) is 5.26 Å². The van der Waals surface area contributed by atoms with Crippen LogP contribution in [0.25, 0.3) is 0 Å². The molecular formula is C10H18ClN3. The predicted octanol–water partition coefficient (Wildman–Crippen LogP) is 1.14. The summed E-state index contributed by atoms with van der Waals surface area (Å²) in [6, 6.07) is 2.68. The Balaban J connectivity index is 2.37. The summed E-state index contributed by atoms with van der Waals surface area (Å²) < 4.78 is 0. The molecule has 2 atom stereocenters. The zero-order valence-corrected chi connectivity index (χ0v) is 9.67. The highest BCUT2D eigenvalue weighted by Crippen LogP contribution is 2.14. The first-order chi connectivity index (χ1) is 6.63. The Hall–Kier alpha value is -0.300. The quantitative estimate of drug-likeness (QED) is 0.662. The van der Waals surface area contributed by atoms with Gasteiger partial charge < -0.3 is 4.90 Å². The molecule has 0 aliphatic carbocycles. The van der Waals surface area contributed by atoms with Crippen LogP contribution in [0.2, 0.25) is 0 Å². The second kappa shape index (κ2) is 5.55. The van der Waals surface area contributed by atoms with Crippen molar-refractivity contribution < 1.29 is 0 Å². The summed E-state index contributed by atoms with van der Waals surface area (Å²) >= 11 is 5.81. The number of hydrogen-bond acceptors (Lipinski definition) is 3. The van der Waals surface area contributed by atoms with Gasteiger partial charge in [0.25, 0.3) is 0 Å². The zero-order valence-electron chi connectivity index (χ0n) is 8.91. The topological polar surface area (TPSA) is 30.3 Å². The van der Waals surface area contributed by atoms with E-state index in [4.69, 9.17) is 16.9 Å². The van der Waals surface area contributed by atoms with Gasteiger partial charge in [-0.15, -0.1) is 11.6 Å². The van der Waals surface area contributed by atoms with E-state index < -0.39 is 0 Å². The van der Waals surface area contributed by atoms with Crippen LogP contribution >= 0.6 is 11.6 Å². The molecule has 0 bridgehead atoms. The molecule has 4 heteroatoms. The van der Waals surface area contributed by atoms with E-state index in [0.29, 0.717) is 12.6 Å². The molecule has 2 unspecified atom stereocenters. The van der Waals surface area contributed by atoms with Gasteiger partial charge in [-0.05, 0) is 33.5 Å². The minimum atomic E-state index is -0.365. The first-order valence-electron chi connectivity index (χ1n) is 5.06. The Morgan fingerprint density at radius 3 is 2.93 bits per heavy atom. The number of alkyl halides is 1. The second-order valence-corrected chi connectivity index (χ2v) is 4.64. The number of likely N-dealkylation sites (N-methyl/N-ethyl adjacent to an activating group) is 1. The van der Waals surface area contributed by atoms with Crippen LogP contribution in [-0.4, -0.2) is 54.9 Å². The number of nitrogens with zero attached hydrogens (tertiary/aromatic N) is 3. The monoisotopic (exact) mass is 215 g/mol. The Bertz CT molecular complexity index is 212. The fourth-order valence-electron chi connectivity index (χ4n) is 1.89. The van der Waals surface area contributed by atoms with Crippen LogP contribution in [0.15, 0.2) is 0 Å². The highest BCUT2D eigenvalue weighted by atomic mass is 35.5. The number of piperidine rings is 1. The molecule has 0 saturated carbocycles. The molecule has 0 amide bonds. The van der Waals surface area contributed by atoms with E-state index in [9.17, 15) is 0 Å². The van der Waals surface area contributed by atoms with Gasteiger partial charge in [-0.2, -0.15) is 5.26 Å². The third kappa shape index (κ3) is 3.45. The fourth-order valence-corrected chi connectivity index (χ4v) is 2.08. The summed E-state index contributed by atoms with van der Waals surface area (Å²) in [7, 11) is 4.22. The van der Waals surface area contributed by atoms with Crippen LogP contribution in [0.4, 0.5) is 0 Å². The molecule has 0 spiro atoms. The molecular weight excluding hydrogens is 198 g/mol. The van der Waals surface area contributed by atoms with E-state index in [1.807, 2.05) is 0 Å². The largest absolute Gasteiger partial charge is 0.305 e. The predicted molar refractivity (Wildman–Crippen MR) is 58.4 cm³/mol. The minimum absolute atomic E-state index is 0.365. The number of likely N-dealkylation sites (tertiary alicyclic amines) is 1. The first kappa shape index (κ1) is 11.8. The van der Waals surface area contributed by atoms with Crippen molar-refractivity contribution >= 4 is 11.6 Å². The van der Waals surface area contributed by atoms with Gasteiger partial charge in [-0.25, -0.2) is 0 Å². The molecule has 1 rings (SSSR count). The molecule has 0 aromatic carbocycles. The smallest absolute Gasteiger partial charge is 0.133 e. The lowest BCUT2D eigenvalue weighted by Gasteiger charge is -2.36. The molecule has 1 saturated heterocycles. The van der Waals surface area contributed by atoms with E-state index in [1.54, 1.807) is 0 Å². The fraction of sp³-hybridized carbons (Fsp3) is 0.900. The molecule has 1 aliphatic rings. The summed E-state index contributed by atoms with van der Waals surface area (Å²) in [5.74, 6) is 0. The lowest BCUT2D eigenvalue weighted by atomic mass is 10.0. The van der Waals surface area contributed by atoms with Crippen LogP contribution in [0.1, 0.15) is 12.8 Å². The molecule has 0 radical (unpaired) electrons. The number of halogens is 1. The Kier molecular flexibility index (Phi) is 4.67. The van der Waals surface area contributed by atoms with E-state index >= 15 is 0 Å². The maximum absolute atomic E-state index is 8.62. The molecule has 0 aromatic heterocycles. The first-order valence-corrected chi connectivity index (χ1v) is 5.49. The third-order valence-electron chi connectivity index (χ3n) is 2.77. The Morgan fingerprint density at radius 2 is 2.36 bits per heavy atom. The van der Waals surface area contributed by atoms with Gasteiger partial charge in [-0.3, -0.25) is 4.90 Å². The maximum Gasteiger partial charge on any atom is 0.133 e. The van der Waals surface area contributed by atoms with Crippen molar-refractivity contribution in [3.63, 3.8) is 0 Å². The van der Waals surface area contributed by atoms with Crippen molar-refractivity contribution in [2.75, 3.05) is 33.7 Å². The van der Waals surface area contributed by atoms with Crippen LogP contribution < -0.4 is 0 Å². The van der Waals surface area contributed by atoms with E-state index in [-0.39, 0.29) is 5.38 Å². The molecule has 14 heavy (non-hydrogen) atoms. The van der Waals surface area contributed by atoms with Crippen molar-refractivity contribution in [1.82, 2.24) is 9.80 Å². The molecule has 0 aromatic rings. The highest BCUT2D eigenvalue weighted by molar-refractivity contribution is 6.22. The molecule has 80 valence electrons. The number of nitriles is 1. The summed E-state index contributed by atoms with van der Waals surface area (Å²) in [4.78, 5) is 4.54. The average Bonchev–Trinajstić information content (AvgIpc) is 2.18. The van der Waals surface area contributed by atoms with Crippen molar-refractivity contribution in [3.05, 3.63) is 0 Å². The summed E-state index contributed by atoms with van der Waals surface area (Å²) in [6.45, 7) is 2.82.